The molecule has 160 valence electrons. The van der Waals surface area contributed by atoms with Crippen molar-refractivity contribution in [2.24, 2.45) is 0 Å². The minimum Gasteiger partial charge on any atom is -0.454 e. The van der Waals surface area contributed by atoms with Crippen molar-refractivity contribution in [2.75, 3.05) is 26.4 Å². The molecule has 2 aromatic carbocycles. The van der Waals surface area contributed by atoms with E-state index in [9.17, 15) is 14.4 Å². The van der Waals surface area contributed by atoms with E-state index in [2.05, 4.69) is 5.32 Å². The standard InChI is InChI=1S/C23H23N3O5/c27-20(17-6-7-18-19(14-17)31-15-30-18)25-12-9-23(10-13-25)21(28)26(22(29)24-23)11-8-16-4-2-1-3-5-16/h1-7,14H,8-13,15H2,(H,24,29). The molecule has 0 aliphatic carbocycles. The quantitative estimate of drug-likeness (QED) is 0.765. The molecule has 3 aliphatic rings. The number of hydrogen-bond donors (Lipinski definition) is 1. The van der Waals surface area contributed by atoms with Crippen molar-refractivity contribution in [1.29, 1.82) is 0 Å². The Bertz CT molecular complexity index is 1030. The Balaban J connectivity index is 1.22. The molecule has 0 radical (unpaired) electrons. The van der Waals surface area contributed by atoms with Crippen LogP contribution in [-0.4, -0.2) is 59.6 Å². The van der Waals surface area contributed by atoms with Gasteiger partial charge >= 0.3 is 6.03 Å². The first-order valence-corrected chi connectivity index (χ1v) is 10.4. The molecule has 4 amide bonds. The van der Waals surface area contributed by atoms with Crippen molar-refractivity contribution in [1.82, 2.24) is 15.1 Å². The molecule has 0 saturated carbocycles. The highest BCUT2D eigenvalue weighted by atomic mass is 16.7. The normalized spacial score (nSPS) is 19.1. The van der Waals surface area contributed by atoms with Gasteiger partial charge in [0.05, 0.1) is 0 Å². The summed E-state index contributed by atoms with van der Waals surface area (Å²) in [4.78, 5) is 41.6. The highest BCUT2D eigenvalue weighted by Crippen LogP contribution is 2.34. The van der Waals surface area contributed by atoms with E-state index in [0.717, 1.165) is 5.56 Å². The Morgan fingerprint density at radius 1 is 1.00 bits per heavy atom. The second-order valence-electron chi connectivity index (χ2n) is 8.06. The van der Waals surface area contributed by atoms with Crippen LogP contribution >= 0.6 is 0 Å². The molecule has 31 heavy (non-hydrogen) atoms. The average Bonchev–Trinajstić information content (AvgIpc) is 3.35. The first kappa shape index (κ1) is 19.4. The monoisotopic (exact) mass is 421 g/mol. The summed E-state index contributed by atoms with van der Waals surface area (Å²) in [7, 11) is 0. The number of benzene rings is 2. The lowest BCUT2D eigenvalue weighted by Gasteiger charge is -2.37. The number of hydrogen-bond acceptors (Lipinski definition) is 5. The van der Waals surface area contributed by atoms with Crippen LogP contribution in [0.5, 0.6) is 11.5 Å². The highest BCUT2D eigenvalue weighted by molar-refractivity contribution is 6.07. The second-order valence-corrected chi connectivity index (χ2v) is 8.06. The Kier molecular flexibility index (Phi) is 4.77. The molecule has 1 N–H and O–H groups in total. The van der Waals surface area contributed by atoms with Crippen LogP contribution in [0.2, 0.25) is 0 Å². The minimum atomic E-state index is -0.917. The van der Waals surface area contributed by atoms with Crippen LogP contribution in [-0.2, 0) is 11.2 Å². The fourth-order valence-corrected chi connectivity index (χ4v) is 4.41. The fourth-order valence-electron chi connectivity index (χ4n) is 4.41. The zero-order chi connectivity index (χ0) is 21.4. The van der Waals surface area contributed by atoms with Crippen LogP contribution < -0.4 is 14.8 Å². The molecule has 0 atom stereocenters. The van der Waals surface area contributed by atoms with E-state index in [0.29, 0.717) is 56.0 Å². The van der Waals surface area contributed by atoms with Crippen molar-refractivity contribution in [3.8, 4) is 11.5 Å². The predicted molar refractivity (Wildman–Crippen MR) is 111 cm³/mol. The fraction of sp³-hybridized carbons (Fsp3) is 0.348. The van der Waals surface area contributed by atoms with Crippen molar-refractivity contribution in [3.63, 3.8) is 0 Å². The first-order chi connectivity index (χ1) is 15.1. The third-order valence-corrected chi connectivity index (χ3v) is 6.24. The lowest BCUT2D eigenvalue weighted by atomic mass is 9.87. The Hall–Kier alpha value is -3.55. The minimum absolute atomic E-state index is 0.120. The number of carbonyl (C=O) groups is 3. The van der Waals surface area contributed by atoms with Crippen LogP contribution in [0.3, 0.4) is 0 Å². The van der Waals surface area contributed by atoms with Gasteiger partial charge < -0.3 is 19.7 Å². The molecule has 1 spiro atoms. The lowest BCUT2D eigenvalue weighted by molar-refractivity contribution is -0.132. The zero-order valence-corrected chi connectivity index (χ0v) is 17.0. The molecule has 2 saturated heterocycles. The summed E-state index contributed by atoms with van der Waals surface area (Å²) in [6.45, 7) is 1.29. The summed E-state index contributed by atoms with van der Waals surface area (Å²) >= 11 is 0. The van der Waals surface area contributed by atoms with Crippen molar-refractivity contribution in [2.45, 2.75) is 24.8 Å². The van der Waals surface area contributed by atoms with Gasteiger partial charge in [0.2, 0.25) is 6.79 Å². The summed E-state index contributed by atoms with van der Waals surface area (Å²) in [5.41, 5.74) is 0.680. The van der Waals surface area contributed by atoms with Crippen LogP contribution in [0.1, 0.15) is 28.8 Å². The molecule has 3 aliphatic heterocycles. The molecule has 3 heterocycles. The number of nitrogens with one attached hydrogen (secondary N) is 1. The van der Waals surface area contributed by atoms with Gasteiger partial charge in [0.15, 0.2) is 11.5 Å². The van der Waals surface area contributed by atoms with E-state index in [-0.39, 0.29) is 24.6 Å². The smallest absolute Gasteiger partial charge is 0.325 e. The number of nitrogens with zero attached hydrogens (tertiary/aromatic N) is 2. The molecule has 5 rings (SSSR count). The van der Waals surface area contributed by atoms with E-state index in [1.165, 1.54) is 4.90 Å². The molecule has 2 aromatic rings. The number of amides is 4. The number of likely N-dealkylation sites (tertiary alicyclic amines) is 1. The van der Waals surface area contributed by atoms with Gasteiger partial charge in [-0.25, -0.2) is 4.79 Å². The molecule has 8 heteroatoms. The molecular weight excluding hydrogens is 398 g/mol. The zero-order valence-electron chi connectivity index (χ0n) is 17.0. The third kappa shape index (κ3) is 3.48. The number of urea groups is 1. The van der Waals surface area contributed by atoms with Gasteiger partial charge in [-0.05, 0) is 43.0 Å². The summed E-state index contributed by atoms with van der Waals surface area (Å²) in [5, 5.41) is 2.90. The van der Waals surface area contributed by atoms with E-state index >= 15 is 0 Å². The van der Waals surface area contributed by atoms with Crippen molar-refractivity contribution in [3.05, 3.63) is 59.7 Å². The van der Waals surface area contributed by atoms with Gasteiger partial charge in [0, 0.05) is 25.2 Å². The first-order valence-electron chi connectivity index (χ1n) is 10.4. The van der Waals surface area contributed by atoms with E-state index in [1.54, 1.807) is 23.1 Å². The molecule has 0 unspecified atom stereocenters. The van der Waals surface area contributed by atoms with E-state index < -0.39 is 5.54 Å². The SMILES string of the molecule is O=C(c1ccc2c(c1)OCO2)N1CCC2(CC1)NC(=O)N(CCc1ccccc1)C2=O. The largest absolute Gasteiger partial charge is 0.454 e. The number of piperidine rings is 1. The van der Waals surface area contributed by atoms with Crippen molar-refractivity contribution >= 4 is 17.8 Å². The number of carbonyl (C=O) groups excluding carboxylic acids is 3. The molecule has 0 bridgehead atoms. The lowest BCUT2D eigenvalue weighted by Crippen LogP contribution is -2.55. The van der Waals surface area contributed by atoms with Gasteiger partial charge in [-0.15, -0.1) is 0 Å². The maximum absolute atomic E-state index is 13.1. The second kappa shape index (κ2) is 7.61. The predicted octanol–water partition coefficient (Wildman–Crippen LogP) is 2.18. The van der Waals surface area contributed by atoms with E-state index in [1.807, 2.05) is 30.3 Å². The molecular formula is C23H23N3O5. The van der Waals surface area contributed by atoms with Crippen LogP contribution in [0.25, 0.3) is 0 Å². The number of imide groups is 1. The maximum Gasteiger partial charge on any atom is 0.325 e. The third-order valence-electron chi connectivity index (χ3n) is 6.24. The van der Waals surface area contributed by atoms with Crippen LogP contribution in [0, 0.1) is 0 Å². The Morgan fingerprint density at radius 2 is 1.74 bits per heavy atom. The molecule has 2 fully saturated rings. The summed E-state index contributed by atoms with van der Waals surface area (Å²) in [6.07, 6.45) is 1.41. The van der Waals surface area contributed by atoms with Gasteiger partial charge in [-0.1, -0.05) is 30.3 Å². The van der Waals surface area contributed by atoms with Crippen LogP contribution in [0.15, 0.2) is 48.5 Å². The number of rotatable bonds is 4. The molecule has 8 nitrogen and oxygen atoms in total. The number of fused-ring (bicyclic) bond motifs is 1. The van der Waals surface area contributed by atoms with E-state index in [4.69, 9.17) is 9.47 Å². The van der Waals surface area contributed by atoms with Gasteiger partial charge in [0.1, 0.15) is 5.54 Å². The Labute approximate surface area is 179 Å². The summed E-state index contributed by atoms with van der Waals surface area (Å²) in [6, 6.07) is 14.6. The number of ether oxygens (including phenoxy) is 2. The van der Waals surface area contributed by atoms with Crippen LogP contribution in [0.4, 0.5) is 4.79 Å². The van der Waals surface area contributed by atoms with Crippen molar-refractivity contribution < 1.29 is 23.9 Å². The average molecular weight is 421 g/mol. The van der Waals surface area contributed by atoms with Gasteiger partial charge in [-0.3, -0.25) is 14.5 Å². The molecule has 0 aromatic heterocycles. The maximum atomic E-state index is 13.1. The van der Waals surface area contributed by atoms with Gasteiger partial charge in [0.25, 0.3) is 11.8 Å². The summed E-state index contributed by atoms with van der Waals surface area (Å²) in [5.74, 6) is 0.880. The highest BCUT2D eigenvalue weighted by Gasteiger charge is 2.52. The topological polar surface area (TPSA) is 88.2 Å². The Morgan fingerprint density at radius 3 is 2.52 bits per heavy atom. The summed E-state index contributed by atoms with van der Waals surface area (Å²) < 4.78 is 10.6. The van der Waals surface area contributed by atoms with Gasteiger partial charge in [-0.2, -0.15) is 0 Å².